The van der Waals surface area contributed by atoms with Crippen molar-refractivity contribution < 1.29 is 19.1 Å². The van der Waals surface area contributed by atoms with Gasteiger partial charge in [0.15, 0.2) is 0 Å². The van der Waals surface area contributed by atoms with E-state index < -0.39 is 0 Å². The maximum atomic E-state index is 12.6. The fourth-order valence-corrected chi connectivity index (χ4v) is 3.51. The zero-order valence-electron chi connectivity index (χ0n) is 17.8. The van der Waals surface area contributed by atoms with Crippen molar-refractivity contribution in [3.8, 4) is 5.75 Å². The fourth-order valence-electron chi connectivity index (χ4n) is 3.51. The normalized spacial score (nSPS) is 14.3. The SMILES string of the molecule is CNC(=O)c1ccc(/C=C/C(=O)N2CCC(C(=O)Nc3ccccc3OC)CC2)cc1. The van der Waals surface area contributed by atoms with E-state index in [1.807, 2.05) is 12.1 Å². The van der Waals surface area contributed by atoms with Gasteiger partial charge in [-0.05, 0) is 48.7 Å². The van der Waals surface area contributed by atoms with Gasteiger partial charge in [-0.2, -0.15) is 0 Å². The molecule has 0 radical (unpaired) electrons. The van der Waals surface area contributed by atoms with Crippen molar-refractivity contribution in [1.82, 2.24) is 10.2 Å². The molecule has 162 valence electrons. The van der Waals surface area contributed by atoms with Crippen molar-refractivity contribution in [3.05, 3.63) is 65.7 Å². The summed E-state index contributed by atoms with van der Waals surface area (Å²) >= 11 is 0. The number of likely N-dealkylation sites (tertiary alicyclic amines) is 1. The molecule has 2 aromatic rings. The van der Waals surface area contributed by atoms with Crippen LogP contribution < -0.4 is 15.4 Å². The number of benzene rings is 2. The Kier molecular flexibility index (Phi) is 7.43. The number of carbonyl (C=O) groups is 3. The summed E-state index contributed by atoms with van der Waals surface area (Å²) in [5.74, 6) is 0.193. The van der Waals surface area contributed by atoms with Crippen molar-refractivity contribution in [2.75, 3.05) is 32.6 Å². The van der Waals surface area contributed by atoms with E-state index in [4.69, 9.17) is 4.74 Å². The van der Waals surface area contributed by atoms with Gasteiger partial charge in [0.05, 0.1) is 12.8 Å². The number of ether oxygens (including phenoxy) is 1. The number of piperidine rings is 1. The van der Waals surface area contributed by atoms with Crippen molar-refractivity contribution in [2.45, 2.75) is 12.8 Å². The van der Waals surface area contributed by atoms with E-state index >= 15 is 0 Å². The number of nitrogens with zero attached hydrogens (tertiary/aromatic N) is 1. The second-order valence-electron chi connectivity index (χ2n) is 7.32. The zero-order chi connectivity index (χ0) is 22.2. The summed E-state index contributed by atoms with van der Waals surface area (Å²) < 4.78 is 5.27. The smallest absolute Gasteiger partial charge is 0.251 e. The van der Waals surface area contributed by atoms with E-state index in [0.717, 1.165) is 5.56 Å². The Hall–Kier alpha value is -3.61. The largest absolute Gasteiger partial charge is 0.495 e. The number of hydrogen-bond acceptors (Lipinski definition) is 4. The Balaban J connectivity index is 1.50. The summed E-state index contributed by atoms with van der Waals surface area (Å²) in [5, 5.41) is 5.50. The molecular weight excluding hydrogens is 394 g/mol. The van der Waals surface area contributed by atoms with Crippen LogP contribution in [0.5, 0.6) is 5.75 Å². The second kappa shape index (κ2) is 10.4. The topological polar surface area (TPSA) is 87.7 Å². The van der Waals surface area contributed by atoms with E-state index in [1.54, 1.807) is 61.5 Å². The first kappa shape index (κ1) is 22.1. The van der Waals surface area contributed by atoms with Gasteiger partial charge in [-0.25, -0.2) is 0 Å². The molecule has 7 nitrogen and oxygen atoms in total. The molecule has 0 unspecified atom stereocenters. The molecule has 1 heterocycles. The van der Waals surface area contributed by atoms with Crippen LogP contribution >= 0.6 is 0 Å². The number of anilines is 1. The fraction of sp³-hybridized carbons (Fsp3) is 0.292. The minimum atomic E-state index is -0.149. The summed E-state index contributed by atoms with van der Waals surface area (Å²) in [6.45, 7) is 1.06. The maximum Gasteiger partial charge on any atom is 0.251 e. The van der Waals surface area contributed by atoms with E-state index in [9.17, 15) is 14.4 Å². The zero-order valence-corrected chi connectivity index (χ0v) is 17.8. The number of amides is 3. The van der Waals surface area contributed by atoms with E-state index in [-0.39, 0.29) is 23.6 Å². The lowest BCUT2D eigenvalue weighted by molar-refractivity contribution is -0.130. The third-order valence-corrected chi connectivity index (χ3v) is 5.36. The first-order chi connectivity index (χ1) is 15.0. The number of hydrogen-bond donors (Lipinski definition) is 2. The average Bonchev–Trinajstić information content (AvgIpc) is 2.82. The van der Waals surface area contributed by atoms with Crippen molar-refractivity contribution in [1.29, 1.82) is 0 Å². The Morgan fingerprint density at radius 2 is 1.71 bits per heavy atom. The van der Waals surface area contributed by atoms with Gasteiger partial charge >= 0.3 is 0 Å². The predicted molar refractivity (Wildman–Crippen MR) is 120 cm³/mol. The number of nitrogens with one attached hydrogen (secondary N) is 2. The third kappa shape index (κ3) is 5.72. The molecule has 0 spiro atoms. The molecule has 1 fully saturated rings. The Morgan fingerprint density at radius 1 is 1.03 bits per heavy atom. The van der Waals surface area contributed by atoms with Crippen LogP contribution in [-0.2, 0) is 9.59 Å². The van der Waals surface area contributed by atoms with Crippen LogP contribution in [0.4, 0.5) is 5.69 Å². The van der Waals surface area contributed by atoms with E-state index in [0.29, 0.717) is 42.9 Å². The summed E-state index contributed by atoms with van der Waals surface area (Å²) in [7, 11) is 3.15. The highest BCUT2D eigenvalue weighted by Gasteiger charge is 2.27. The molecule has 0 bridgehead atoms. The summed E-state index contributed by atoms with van der Waals surface area (Å²) in [6, 6.07) is 14.3. The Labute approximate surface area is 182 Å². The number of methoxy groups -OCH3 is 1. The van der Waals surface area contributed by atoms with Crippen LogP contribution in [-0.4, -0.2) is 49.9 Å². The molecule has 0 aliphatic carbocycles. The molecule has 0 atom stereocenters. The van der Waals surface area contributed by atoms with Crippen LogP contribution in [0.15, 0.2) is 54.6 Å². The van der Waals surface area contributed by atoms with Crippen LogP contribution in [0.2, 0.25) is 0 Å². The molecule has 2 N–H and O–H groups in total. The van der Waals surface area contributed by atoms with Crippen molar-refractivity contribution >= 4 is 29.5 Å². The predicted octanol–water partition coefficient (Wildman–Crippen LogP) is 2.95. The monoisotopic (exact) mass is 421 g/mol. The second-order valence-corrected chi connectivity index (χ2v) is 7.32. The highest BCUT2D eigenvalue weighted by Crippen LogP contribution is 2.26. The summed E-state index contributed by atoms with van der Waals surface area (Å²) in [6.07, 6.45) is 4.49. The first-order valence-electron chi connectivity index (χ1n) is 10.2. The summed E-state index contributed by atoms with van der Waals surface area (Å²) in [5.41, 5.74) is 2.06. The molecule has 3 amide bonds. The van der Waals surface area contributed by atoms with Crippen LogP contribution in [0.3, 0.4) is 0 Å². The van der Waals surface area contributed by atoms with E-state index in [1.165, 1.54) is 6.08 Å². The molecule has 1 saturated heterocycles. The quantitative estimate of drug-likeness (QED) is 0.702. The van der Waals surface area contributed by atoms with Gasteiger partial charge in [-0.15, -0.1) is 0 Å². The molecule has 0 aromatic heterocycles. The van der Waals surface area contributed by atoms with Gasteiger partial charge < -0.3 is 20.3 Å². The molecule has 2 aromatic carbocycles. The molecular formula is C24H27N3O4. The van der Waals surface area contributed by atoms with Crippen molar-refractivity contribution in [3.63, 3.8) is 0 Å². The molecule has 0 saturated carbocycles. The minimum absolute atomic E-state index is 0.0525. The molecule has 31 heavy (non-hydrogen) atoms. The molecule has 1 aliphatic rings. The van der Waals surface area contributed by atoms with Gasteiger partial charge in [-0.3, -0.25) is 14.4 Å². The molecule has 7 heteroatoms. The van der Waals surface area contributed by atoms with E-state index in [2.05, 4.69) is 10.6 Å². The molecule has 1 aliphatic heterocycles. The van der Waals surface area contributed by atoms with Gasteiger partial charge in [-0.1, -0.05) is 24.3 Å². The van der Waals surface area contributed by atoms with Gasteiger partial charge in [0.25, 0.3) is 5.91 Å². The number of carbonyl (C=O) groups excluding carboxylic acids is 3. The standard InChI is InChI=1S/C24H27N3O4/c1-25-23(29)18-10-7-17(8-11-18)9-12-22(28)27-15-13-19(14-16-27)24(30)26-20-5-3-4-6-21(20)31-2/h3-12,19H,13-16H2,1-2H3,(H,25,29)(H,26,30)/b12-9+. The lowest BCUT2D eigenvalue weighted by atomic mass is 9.95. The highest BCUT2D eigenvalue weighted by molar-refractivity contribution is 5.96. The molecule has 3 rings (SSSR count). The van der Waals surface area contributed by atoms with Gasteiger partial charge in [0, 0.05) is 37.7 Å². The highest BCUT2D eigenvalue weighted by atomic mass is 16.5. The lowest BCUT2D eigenvalue weighted by Gasteiger charge is -2.30. The number of para-hydroxylation sites is 2. The Bertz CT molecular complexity index is 961. The van der Waals surface area contributed by atoms with Crippen LogP contribution in [0.1, 0.15) is 28.8 Å². The lowest BCUT2D eigenvalue weighted by Crippen LogP contribution is -2.40. The first-order valence-corrected chi connectivity index (χ1v) is 10.2. The summed E-state index contributed by atoms with van der Waals surface area (Å²) in [4.78, 5) is 38.4. The van der Waals surface area contributed by atoms with Crippen LogP contribution in [0, 0.1) is 5.92 Å². The minimum Gasteiger partial charge on any atom is -0.495 e. The maximum absolute atomic E-state index is 12.6. The average molecular weight is 421 g/mol. The Morgan fingerprint density at radius 3 is 2.35 bits per heavy atom. The van der Waals surface area contributed by atoms with Gasteiger partial charge in [0.1, 0.15) is 5.75 Å². The van der Waals surface area contributed by atoms with Crippen molar-refractivity contribution in [2.24, 2.45) is 5.92 Å². The number of rotatable bonds is 6. The van der Waals surface area contributed by atoms with Gasteiger partial charge in [0.2, 0.25) is 11.8 Å². The van der Waals surface area contributed by atoms with Crippen LogP contribution in [0.25, 0.3) is 6.08 Å². The third-order valence-electron chi connectivity index (χ3n) is 5.36.